The third-order valence-corrected chi connectivity index (χ3v) is 3.49. The number of hydrogen-bond acceptors (Lipinski definition) is 1. The number of aromatic amines is 1. The quantitative estimate of drug-likeness (QED) is 0.469. The zero-order valence-corrected chi connectivity index (χ0v) is 9.64. The summed E-state index contributed by atoms with van der Waals surface area (Å²) >= 11 is 0. The van der Waals surface area contributed by atoms with Crippen LogP contribution < -0.4 is 0 Å². The van der Waals surface area contributed by atoms with Crippen molar-refractivity contribution < 1.29 is 5.11 Å². The molecule has 0 aliphatic carbocycles. The van der Waals surface area contributed by atoms with Crippen molar-refractivity contribution in [3.05, 3.63) is 54.6 Å². The fourth-order valence-electron chi connectivity index (χ4n) is 2.65. The van der Waals surface area contributed by atoms with Gasteiger partial charge in [-0.1, -0.05) is 42.5 Å². The van der Waals surface area contributed by atoms with Gasteiger partial charge in [-0.05, 0) is 17.5 Å². The number of fused-ring (bicyclic) bond motifs is 4. The molecule has 0 saturated heterocycles. The third kappa shape index (κ3) is 1.12. The molecule has 0 saturated carbocycles. The second kappa shape index (κ2) is 3.26. The van der Waals surface area contributed by atoms with Crippen molar-refractivity contribution in [3.63, 3.8) is 0 Å². The fraction of sp³-hybridized carbons (Fsp3) is 0. The SMILES string of the molecule is Oc1c2ccccc2cc2[nH]c3ccccc3c12. The molecular formula is C16H11NO. The van der Waals surface area contributed by atoms with Crippen LogP contribution in [0.3, 0.4) is 0 Å². The van der Waals surface area contributed by atoms with E-state index in [2.05, 4.69) is 11.1 Å². The van der Waals surface area contributed by atoms with Crippen molar-refractivity contribution in [2.45, 2.75) is 0 Å². The minimum Gasteiger partial charge on any atom is -0.507 e. The first-order valence-corrected chi connectivity index (χ1v) is 5.96. The molecule has 1 aromatic heterocycles. The monoisotopic (exact) mass is 233 g/mol. The second-order valence-electron chi connectivity index (χ2n) is 4.54. The van der Waals surface area contributed by atoms with Gasteiger partial charge in [-0.15, -0.1) is 0 Å². The van der Waals surface area contributed by atoms with Gasteiger partial charge in [0, 0.05) is 21.7 Å². The summed E-state index contributed by atoms with van der Waals surface area (Å²) in [7, 11) is 0. The zero-order valence-electron chi connectivity index (χ0n) is 9.64. The van der Waals surface area contributed by atoms with E-state index in [-0.39, 0.29) is 0 Å². The van der Waals surface area contributed by atoms with E-state index < -0.39 is 0 Å². The summed E-state index contributed by atoms with van der Waals surface area (Å²) in [6.45, 7) is 0. The van der Waals surface area contributed by atoms with E-state index in [1.54, 1.807) is 0 Å². The molecule has 0 aliphatic rings. The lowest BCUT2D eigenvalue weighted by molar-refractivity contribution is 0.488. The molecule has 3 aromatic carbocycles. The average Bonchev–Trinajstić information content (AvgIpc) is 2.77. The Bertz CT molecular complexity index is 889. The van der Waals surface area contributed by atoms with Crippen LogP contribution in [-0.4, -0.2) is 10.1 Å². The third-order valence-electron chi connectivity index (χ3n) is 3.49. The van der Waals surface area contributed by atoms with Crippen molar-refractivity contribution in [2.75, 3.05) is 0 Å². The highest BCUT2D eigenvalue weighted by Crippen LogP contribution is 2.38. The number of phenolic OH excluding ortho intramolecular Hbond substituents is 1. The van der Waals surface area contributed by atoms with Crippen LogP contribution in [0.5, 0.6) is 5.75 Å². The minimum atomic E-state index is 0.362. The summed E-state index contributed by atoms with van der Waals surface area (Å²) in [4.78, 5) is 3.35. The van der Waals surface area contributed by atoms with E-state index in [1.165, 1.54) is 0 Å². The van der Waals surface area contributed by atoms with Crippen molar-refractivity contribution in [3.8, 4) is 5.75 Å². The molecule has 4 aromatic rings. The minimum absolute atomic E-state index is 0.362. The summed E-state index contributed by atoms with van der Waals surface area (Å²) in [5, 5.41) is 14.4. The molecule has 0 atom stereocenters. The van der Waals surface area contributed by atoms with E-state index in [0.29, 0.717) is 5.75 Å². The average molecular weight is 233 g/mol. The lowest BCUT2D eigenvalue weighted by Gasteiger charge is -2.02. The Balaban J connectivity index is 2.34. The van der Waals surface area contributed by atoms with Crippen LogP contribution in [0.2, 0.25) is 0 Å². The molecule has 86 valence electrons. The van der Waals surface area contributed by atoms with Gasteiger partial charge in [-0.25, -0.2) is 0 Å². The number of hydrogen-bond donors (Lipinski definition) is 2. The molecule has 0 amide bonds. The Morgan fingerprint density at radius 2 is 1.50 bits per heavy atom. The van der Waals surface area contributed by atoms with Crippen molar-refractivity contribution >= 4 is 32.6 Å². The summed E-state index contributed by atoms with van der Waals surface area (Å²) < 4.78 is 0. The largest absolute Gasteiger partial charge is 0.507 e. The van der Waals surface area contributed by atoms with Crippen molar-refractivity contribution in [2.24, 2.45) is 0 Å². The molecular weight excluding hydrogens is 222 g/mol. The zero-order chi connectivity index (χ0) is 12.1. The van der Waals surface area contributed by atoms with Gasteiger partial charge in [0.1, 0.15) is 5.75 Å². The van der Waals surface area contributed by atoms with Crippen LogP contribution in [0.1, 0.15) is 0 Å². The Morgan fingerprint density at radius 3 is 2.39 bits per heavy atom. The Kier molecular flexibility index (Phi) is 1.73. The van der Waals surface area contributed by atoms with Gasteiger partial charge < -0.3 is 10.1 Å². The number of H-pyrrole nitrogens is 1. The van der Waals surface area contributed by atoms with Crippen LogP contribution in [-0.2, 0) is 0 Å². The van der Waals surface area contributed by atoms with E-state index in [9.17, 15) is 5.11 Å². The van der Waals surface area contributed by atoms with E-state index in [1.807, 2.05) is 48.5 Å². The van der Waals surface area contributed by atoms with Gasteiger partial charge in [0.05, 0.1) is 5.52 Å². The molecule has 1 heterocycles. The molecule has 0 bridgehead atoms. The van der Waals surface area contributed by atoms with E-state index in [0.717, 1.165) is 32.6 Å². The highest BCUT2D eigenvalue weighted by molar-refractivity contribution is 6.16. The van der Waals surface area contributed by atoms with Crippen LogP contribution >= 0.6 is 0 Å². The van der Waals surface area contributed by atoms with E-state index in [4.69, 9.17) is 0 Å². The molecule has 2 nitrogen and oxygen atoms in total. The predicted molar refractivity (Wildman–Crippen MR) is 75.0 cm³/mol. The maximum atomic E-state index is 10.5. The smallest absolute Gasteiger partial charge is 0.133 e. The first-order valence-electron chi connectivity index (χ1n) is 5.96. The fourth-order valence-corrected chi connectivity index (χ4v) is 2.65. The van der Waals surface area contributed by atoms with Crippen LogP contribution in [0.4, 0.5) is 0 Å². The molecule has 0 fully saturated rings. The lowest BCUT2D eigenvalue weighted by atomic mass is 10.0. The highest BCUT2D eigenvalue weighted by atomic mass is 16.3. The maximum absolute atomic E-state index is 10.5. The topological polar surface area (TPSA) is 36.0 Å². The number of rotatable bonds is 0. The number of nitrogens with one attached hydrogen (secondary N) is 1. The normalized spacial score (nSPS) is 11.6. The summed E-state index contributed by atoms with van der Waals surface area (Å²) in [5.74, 6) is 0.362. The first kappa shape index (κ1) is 9.54. The molecule has 0 aliphatic heterocycles. The Morgan fingerprint density at radius 1 is 0.778 bits per heavy atom. The predicted octanol–water partition coefficient (Wildman–Crippen LogP) is 4.18. The highest BCUT2D eigenvalue weighted by Gasteiger charge is 2.11. The molecule has 0 unspecified atom stereocenters. The van der Waals surface area contributed by atoms with Gasteiger partial charge in [-0.3, -0.25) is 0 Å². The Labute approximate surface area is 103 Å². The number of phenols is 1. The van der Waals surface area contributed by atoms with Crippen molar-refractivity contribution in [1.29, 1.82) is 0 Å². The molecule has 0 spiro atoms. The molecule has 18 heavy (non-hydrogen) atoms. The molecule has 2 heteroatoms. The number of aromatic nitrogens is 1. The van der Waals surface area contributed by atoms with Gasteiger partial charge in [0.25, 0.3) is 0 Å². The van der Waals surface area contributed by atoms with Gasteiger partial charge in [0.2, 0.25) is 0 Å². The molecule has 4 rings (SSSR count). The molecule has 0 radical (unpaired) electrons. The lowest BCUT2D eigenvalue weighted by Crippen LogP contribution is -1.76. The van der Waals surface area contributed by atoms with Crippen molar-refractivity contribution in [1.82, 2.24) is 4.98 Å². The van der Waals surface area contributed by atoms with Gasteiger partial charge in [0.15, 0.2) is 0 Å². The van der Waals surface area contributed by atoms with Crippen LogP contribution in [0.15, 0.2) is 54.6 Å². The maximum Gasteiger partial charge on any atom is 0.133 e. The number of para-hydroxylation sites is 1. The standard InChI is InChI=1S/C16H11NO/c18-16-11-6-2-1-5-10(11)9-14-15(16)12-7-3-4-8-13(12)17-14/h1-9,17-18H. The summed E-state index contributed by atoms with van der Waals surface area (Å²) in [5.41, 5.74) is 2.03. The van der Waals surface area contributed by atoms with Crippen LogP contribution in [0.25, 0.3) is 32.6 Å². The Hall–Kier alpha value is -2.48. The second-order valence-corrected chi connectivity index (χ2v) is 4.54. The van der Waals surface area contributed by atoms with E-state index >= 15 is 0 Å². The van der Waals surface area contributed by atoms with Gasteiger partial charge >= 0.3 is 0 Å². The number of benzene rings is 3. The van der Waals surface area contributed by atoms with Crippen LogP contribution in [0, 0.1) is 0 Å². The summed E-state index contributed by atoms with van der Waals surface area (Å²) in [6, 6.07) is 18.0. The molecule has 2 N–H and O–H groups in total. The van der Waals surface area contributed by atoms with Gasteiger partial charge in [-0.2, -0.15) is 0 Å². The number of aromatic hydroxyl groups is 1. The first-order chi connectivity index (χ1) is 8.84. The summed E-state index contributed by atoms with van der Waals surface area (Å²) in [6.07, 6.45) is 0.